The Hall–Kier alpha value is -1.32. The van der Waals surface area contributed by atoms with Crippen LogP contribution < -0.4 is 0 Å². The lowest BCUT2D eigenvalue weighted by molar-refractivity contribution is 0.0773. The largest absolute Gasteiger partial charge is 0.371 e. The smallest absolute Gasteiger partial charge is 0.236 e. The summed E-state index contributed by atoms with van der Waals surface area (Å²) in [6.45, 7) is -0.910. The van der Waals surface area contributed by atoms with Gasteiger partial charge in [0.05, 0.1) is 0 Å². The molecule has 0 amide bonds. The van der Waals surface area contributed by atoms with Crippen LogP contribution in [0.3, 0.4) is 0 Å². The molecule has 0 aromatic carbocycles. The first kappa shape index (κ1) is 11.5. The van der Waals surface area contributed by atoms with E-state index in [0.717, 1.165) is 0 Å². The Morgan fingerprint density at radius 2 is 1.40 bits per heavy atom. The van der Waals surface area contributed by atoms with Crippen LogP contribution in [-0.2, 0) is 9.59 Å². The third kappa shape index (κ3) is 30.0. The summed E-state index contributed by atoms with van der Waals surface area (Å²) in [5, 5.41) is 14.2. The van der Waals surface area contributed by atoms with Gasteiger partial charge in [-0.15, -0.1) is 0 Å². The minimum Gasteiger partial charge on any atom is -0.371 e. The number of aliphatic hydroxyl groups excluding tert-OH is 1. The topological polar surface area (TPSA) is 99.3 Å². The zero-order chi connectivity index (χ0) is 8.24. The van der Waals surface area contributed by atoms with Gasteiger partial charge < -0.3 is 10.2 Å². The maximum Gasteiger partial charge on any atom is 0.236 e. The number of hydrogen-bond donors (Lipinski definition) is 2. The summed E-state index contributed by atoms with van der Waals surface area (Å²) in [7, 11) is 0. The molecular formula is C4H6N2O4. The fourth-order valence-corrected chi connectivity index (χ4v) is 0.0931. The third-order valence-corrected chi connectivity index (χ3v) is 0.271. The van der Waals surface area contributed by atoms with Gasteiger partial charge in [0.25, 0.3) is 0 Å². The van der Waals surface area contributed by atoms with Crippen LogP contribution in [0.2, 0.25) is 0 Å². The molecule has 0 aliphatic rings. The Balaban J connectivity index is 0. The normalized spacial score (nSPS) is 5.80. The van der Waals surface area contributed by atoms with E-state index in [4.69, 9.17) is 10.2 Å². The van der Waals surface area contributed by atoms with Crippen LogP contribution >= 0.6 is 0 Å². The highest BCUT2D eigenvalue weighted by Crippen LogP contribution is 1.61. The summed E-state index contributed by atoms with van der Waals surface area (Å²) >= 11 is 0. The van der Waals surface area contributed by atoms with E-state index >= 15 is 0 Å². The molecule has 6 heteroatoms. The molecule has 0 fully saturated rings. The van der Waals surface area contributed by atoms with E-state index in [9.17, 15) is 9.59 Å². The molecule has 6 nitrogen and oxygen atoms in total. The maximum absolute atomic E-state index is 9.20. The van der Waals surface area contributed by atoms with Crippen LogP contribution in [0, 0.1) is 0 Å². The first-order valence-corrected chi connectivity index (χ1v) is 2.12. The van der Waals surface area contributed by atoms with Gasteiger partial charge in [0.2, 0.25) is 12.2 Å². The van der Waals surface area contributed by atoms with Crippen LogP contribution in [0.15, 0.2) is 9.98 Å². The molecule has 0 aromatic rings. The number of aliphatic imine (C=N–C) groups is 2. The van der Waals surface area contributed by atoms with Gasteiger partial charge in [0.1, 0.15) is 6.79 Å². The van der Waals surface area contributed by atoms with Gasteiger partial charge >= 0.3 is 0 Å². The van der Waals surface area contributed by atoms with Gasteiger partial charge in [0, 0.05) is 0 Å². The zero-order valence-corrected chi connectivity index (χ0v) is 5.02. The van der Waals surface area contributed by atoms with Gasteiger partial charge in [-0.2, -0.15) is 9.98 Å². The summed E-state index contributed by atoms with van der Waals surface area (Å²) in [6.07, 6.45) is 2.41. The fraction of sp³-hybridized carbons (Fsp3) is 0.500. The number of nitrogens with zero attached hydrogens (tertiary/aromatic N) is 2. The Bertz CT molecular complexity index is 129. The first-order chi connectivity index (χ1) is 4.83. The van der Waals surface area contributed by atoms with Crippen molar-refractivity contribution in [1.29, 1.82) is 0 Å². The van der Waals surface area contributed by atoms with E-state index in [1.807, 2.05) is 0 Å². The van der Waals surface area contributed by atoms with Crippen molar-refractivity contribution in [3.05, 3.63) is 0 Å². The number of hydrogen-bond acceptors (Lipinski definition) is 6. The quantitative estimate of drug-likeness (QED) is 0.282. The Morgan fingerprint density at radius 1 is 1.10 bits per heavy atom. The van der Waals surface area contributed by atoms with E-state index in [1.54, 1.807) is 0 Å². The predicted molar refractivity (Wildman–Crippen MR) is 30.4 cm³/mol. The fourth-order valence-electron chi connectivity index (χ4n) is 0.0931. The standard InChI is InChI=1S/C3H2N2O2.CH4O2/c6-2-4-1-5-3-7;2-1-3/h1H2;2-3H,1H2. The third-order valence-electron chi connectivity index (χ3n) is 0.271. The predicted octanol–water partition coefficient (Wildman–Crippen LogP) is -1.46. The van der Waals surface area contributed by atoms with Crippen molar-refractivity contribution >= 4 is 12.2 Å². The highest BCUT2D eigenvalue weighted by molar-refractivity contribution is 5.35. The maximum atomic E-state index is 9.20. The molecule has 0 heterocycles. The molecule has 0 spiro atoms. The number of aliphatic hydroxyl groups is 2. The molecule has 0 atom stereocenters. The molecule has 0 saturated carbocycles. The van der Waals surface area contributed by atoms with Crippen LogP contribution in [0.1, 0.15) is 0 Å². The second-order valence-electron chi connectivity index (χ2n) is 0.782. The van der Waals surface area contributed by atoms with Gasteiger partial charge in [-0.05, 0) is 0 Å². The molecule has 56 valence electrons. The average molecular weight is 146 g/mol. The van der Waals surface area contributed by atoms with Crippen LogP contribution in [0.4, 0.5) is 0 Å². The van der Waals surface area contributed by atoms with Crippen molar-refractivity contribution in [3.63, 3.8) is 0 Å². The van der Waals surface area contributed by atoms with Crippen molar-refractivity contribution in [2.24, 2.45) is 9.98 Å². The highest BCUT2D eigenvalue weighted by Gasteiger charge is 1.63. The SMILES string of the molecule is O=C=NCN=C=O.OCO. The molecule has 0 saturated heterocycles. The van der Waals surface area contributed by atoms with E-state index in [-0.39, 0.29) is 6.67 Å². The molecule has 10 heavy (non-hydrogen) atoms. The summed E-state index contributed by atoms with van der Waals surface area (Å²) in [4.78, 5) is 24.2. The van der Waals surface area contributed by atoms with Crippen LogP contribution in [0.25, 0.3) is 0 Å². The van der Waals surface area contributed by atoms with Gasteiger partial charge in [-0.3, -0.25) is 0 Å². The van der Waals surface area contributed by atoms with Gasteiger partial charge in [-0.25, -0.2) is 9.59 Å². The minimum absolute atomic E-state index is 0.160. The molecule has 2 N–H and O–H groups in total. The second kappa shape index (κ2) is 15.6. The Morgan fingerprint density at radius 3 is 1.60 bits per heavy atom. The zero-order valence-electron chi connectivity index (χ0n) is 5.02. The first-order valence-electron chi connectivity index (χ1n) is 2.12. The van der Waals surface area contributed by atoms with E-state index in [2.05, 4.69) is 9.98 Å². The Labute approximate surface area is 56.5 Å². The summed E-state index contributed by atoms with van der Waals surface area (Å²) in [5.74, 6) is 0. The minimum atomic E-state index is -0.750. The lowest BCUT2D eigenvalue weighted by Crippen LogP contribution is -1.66. The average Bonchev–Trinajstić information content (AvgIpc) is 1.91. The van der Waals surface area contributed by atoms with Crippen LogP contribution in [-0.4, -0.2) is 35.8 Å². The Kier molecular flexibility index (Phi) is 18.0. The van der Waals surface area contributed by atoms with Gasteiger partial charge in [-0.1, -0.05) is 0 Å². The molecule has 0 unspecified atom stereocenters. The number of isocyanates is 2. The van der Waals surface area contributed by atoms with Crippen molar-refractivity contribution in [2.75, 3.05) is 13.5 Å². The summed E-state index contributed by atoms with van der Waals surface area (Å²) < 4.78 is 0. The summed E-state index contributed by atoms with van der Waals surface area (Å²) in [5.41, 5.74) is 0. The molecular weight excluding hydrogens is 140 g/mol. The van der Waals surface area contributed by atoms with E-state index < -0.39 is 6.79 Å². The lowest BCUT2D eigenvalue weighted by atomic mass is 11.1. The second-order valence-corrected chi connectivity index (χ2v) is 0.782. The number of carbonyl (C=O) groups excluding carboxylic acids is 2. The van der Waals surface area contributed by atoms with Crippen molar-refractivity contribution in [2.45, 2.75) is 0 Å². The molecule has 0 bridgehead atoms. The number of rotatable bonds is 2. The van der Waals surface area contributed by atoms with Gasteiger partial charge in [0.15, 0.2) is 6.67 Å². The lowest BCUT2D eigenvalue weighted by Gasteiger charge is -1.63. The molecule has 0 aliphatic carbocycles. The van der Waals surface area contributed by atoms with E-state index in [0.29, 0.717) is 0 Å². The molecule has 0 aromatic heterocycles. The van der Waals surface area contributed by atoms with Crippen molar-refractivity contribution in [1.82, 2.24) is 0 Å². The monoisotopic (exact) mass is 146 g/mol. The van der Waals surface area contributed by atoms with Crippen molar-refractivity contribution < 1.29 is 19.8 Å². The van der Waals surface area contributed by atoms with E-state index in [1.165, 1.54) is 12.2 Å². The summed E-state index contributed by atoms with van der Waals surface area (Å²) in [6, 6.07) is 0. The van der Waals surface area contributed by atoms with Crippen molar-refractivity contribution in [3.8, 4) is 0 Å². The van der Waals surface area contributed by atoms with Crippen LogP contribution in [0.5, 0.6) is 0 Å². The highest BCUT2D eigenvalue weighted by atomic mass is 16.5. The molecule has 0 radical (unpaired) electrons. The molecule has 0 rings (SSSR count). The molecule has 0 aliphatic heterocycles.